The van der Waals surface area contributed by atoms with E-state index < -0.39 is 11.7 Å². The molecule has 3 aromatic carbocycles. The molecule has 0 aliphatic carbocycles. The third kappa shape index (κ3) is 4.60. The number of aliphatic imine (C=N–C) groups is 1. The van der Waals surface area contributed by atoms with Gasteiger partial charge < -0.3 is 0 Å². The van der Waals surface area contributed by atoms with Crippen LogP contribution in [0.5, 0.6) is 0 Å². The van der Waals surface area contributed by atoms with E-state index in [9.17, 15) is 13.2 Å². The molecule has 0 saturated carbocycles. The van der Waals surface area contributed by atoms with E-state index >= 15 is 0 Å². The molecule has 33 heavy (non-hydrogen) atoms. The Morgan fingerprint density at radius 2 is 1.33 bits per heavy atom. The van der Waals surface area contributed by atoms with Crippen molar-refractivity contribution in [2.45, 2.75) is 37.5 Å². The van der Waals surface area contributed by atoms with Crippen LogP contribution in [0.2, 0.25) is 0 Å². The highest BCUT2D eigenvalue weighted by atomic mass is 19.4. The van der Waals surface area contributed by atoms with Crippen molar-refractivity contribution in [1.82, 2.24) is 4.90 Å². The van der Waals surface area contributed by atoms with Gasteiger partial charge in [-0.15, -0.1) is 0 Å². The van der Waals surface area contributed by atoms with E-state index in [0.717, 1.165) is 43.6 Å². The Balaban J connectivity index is 1.50. The van der Waals surface area contributed by atoms with E-state index in [-0.39, 0.29) is 12.0 Å². The van der Waals surface area contributed by atoms with Crippen molar-refractivity contribution in [2.24, 2.45) is 10.9 Å². The van der Waals surface area contributed by atoms with Crippen molar-refractivity contribution < 1.29 is 13.2 Å². The molecular weight excluding hydrogens is 421 g/mol. The average Bonchev–Trinajstić information content (AvgIpc) is 2.85. The van der Waals surface area contributed by atoms with Gasteiger partial charge in [0.1, 0.15) is 0 Å². The van der Waals surface area contributed by atoms with Crippen LogP contribution < -0.4 is 0 Å². The maximum absolute atomic E-state index is 12.9. The summed E-state index contributed by atoms with van der Waals surface area (Å²) in [5.41, 5.74) is 3.92. The van der Waals surface area contributed by atoms with E-state index in [1.165, 1.54) is 16.8 Å². The van der Waals surface area contributed by atoms with Gasteiger partial charge in [0.2, 0.25) is 0 Å². The molecule has 170 valence electrons. The van der Waals surface area contributed by atoms with Gasteiger partial charge in [0.15, 0.2) is 0 Å². The molecule has 2 bridgehead atoms. The second kappa shape index (κ2) is 9.14. The zero-order chi connectivity index (χ0) is 22.8. The summed E-state index contributed by atoms with van der Waals surface area (Å²) >= 11 is 0. The molecule has 5 heteroatoms. The van der Waals surface area contributed by atoms with Gasteiger partial charge in [0, 0.05) is 17.5 Å². The second-order valence-electron chi connectivity index (χ2n) is 8.99. The lowest BCUT2D eigenvalue weighted by Crippen LogP contribution is -2.58. The van der Waals surface area contributed by atoms with Crippen molar-refractivity contribution >= 4 is 5.71 Å². The summed E-state index contributed by atoms with van der Waals surface area (Å²) in [6, 6.07) is 26.7. The average molecular weight is 449 g/mol. The number of benzene rings is 3. The molecule has 3 aliphatic heterocycles. The van der Waals surface area contributed by atoms with Crippen LogP contribution in [0, 0.1) is 5.92 Å². The first kappa shape index (κ1) is 21.9. The van der Waals surface area contributed by atoms with Crippen LogP contribution >= 0.6 is 0 Å². The minimum Gasteiger partial charge on any atom is -0.294 e. The monoisotopic (exact) mass is 448 g/mol. The Hall–Kier alpha value is -2.92. The molecule has 1 atom stereocenters. The van der Waals surface area contributed by atoms with E-state index in [1.54, 1.807) is 12.1 Å². The van der Waals surface area contributed by atoms with Gasteiger partial charge in [0.25, 0.3) is 0 Å². The first-order chi connectivity index (χ1) is 16.0. The summed E-state index contributed by atoms with van der Waals surface area (Å²) in [6.45, 7) is 2.53. The Bertz CT molecular complexity index is 1040. The normalized spacial score (nSPS) is 23.9. The van der Waals surface area contributed by atoms with Crippen LogP contribution in [0.1, 0.15) is 41.0 Å². The zero-order valence-electron chi connectivity index (χ0n) is 18.4. The summed E-state index contributed by atoms with van der Waals surface area (Å²) in [5, 5.41) is 0. The molecular formula is C28H27F3N2. The van der Waals surface area contributed by atoms with Gasteiger partial charge in [-0.25, -0.2) is 0 Å². The number of hydrogen-bond donors (Lipinski definition) is 0. The lowest BCUT2D eigenvalue weighted by Gasteiger charge is -2.49. The lowest BCUT2D eigenvalue weighted by atomic mass is 9.72. The van der Waals surface area contributed by atoms with E-state index in [0.29, 0.717) is 12.5 Å². The number of nitrogens with zero attached hydrogens (tertiary/aromatic N) is 2. The quantitative estimate of drug-likeness (QED) is 0.431. The van der Waals surface area contributed by atoms with Gasteiger partial charge in [-0.2, -0.15) is 13.2 Å². The molecule has 0 amide bonds. The molecule has 6 rings (SSSR count). The van der Waals surface area contributed by atoms with Crippen LogP contribution in [0.4, 0.5) is 13.2 Å². The fourth-order valence-corrected chi connectivity index (χ4v) is 5.37. The van der Waals surface area contributed by atoms with Gasteiger partial charge in [-0.1, -0.05) is 72.8 Å². The fraction of sp³-hybridized carbons (Fsp3) is 0.321. The smallest absolute Gasteiger partial charge is 0.294 e. The van der Waals surface area contributed by atoms with Gasteiger partial charge in [-0.3, -0.25) is 9.89 Å². The molecule has 2 nitrogen and oxygen atoms in total. The van der Waals surface area contributed by atoms with Crippen molar-refractivity contribution in [3.8, 4) is 0 Å². The number of piperidine rings is 3. The van der Waals surface area contributed by atoms with Crippen molar-refractivity contribution in [1.29, 1.82) is 0 Å². The summed E-state index contributed by atoms with van der Waals surface area (Å²) in [6.07, 6.45) is -2.12. The SMILES string of the molecule is FC(F)(F)c1ccc(C/N=C2\C3CCN(CC3)C2C(c2ccccc2)c2ccccc2)cc1. The van der Waals surface area contributed by atoms with Crippen LogP contribution in [0.15, 0.2) is 89.9 Å². The summed E-state index contributed by atoms with van der Waals surface area (Å²) in [4.78, 5) is 7.63. The van der Waals surface area contributed by atoms with Gasteiger partial charge in [-0.05, 0) is 54.8 Å². The Labute approximate surface area is 192 Å². The molecule has 0 aromatic heterocycles. The molecule has 3 heterocycles. The maximum atomic E-state index is 12.9. The van der Waals surface area contributed by atoms with Crippen LogP contribution in [0.3, 0.4) is 0 Å². The fourth-order valence-electron chi connectivity index (χ4n) is 5.37. The molecule has 3 saturated heterocycles. The minimum atomic E-state index is -4.32. The molecule has 3 fully saturated rings. The largest absolute Gasteiger partial charge is 0.416 e. The summed E-state index contributed by atoms with van der Waals surface area (Å²) in [7, 11) is 0. The van der Waals surface area contributed by atoms with Gasteiger partial charge >= 0.3 is 6.18 Å². The highest BCUT2D eigenvalue weighted by molar-refractivity contribution is 5.94. The van der Waals surface area contributed by atoms with E-state index in [1.807, 2.05) is 12.1 Å². The third-order valence-corrected chi connectivity index (χ3v) is 7.00. The third-order valence-electron chi connectivity index (χ3n) is 7.00. The van der Waals surface area contributed by atoms with Crippen molar-refractivity contribution in [2.75, 3.05) is 13.1 Å². The summed E-state index contributed by atoms with van der Waals surface area (Å²) < 4.78 is 38.8. The molecule has 0 spiro atoms. The first-order valence-electron chi connectivity index (χ1n) is 11.5. The zero-order valence-corrected chi connectivity index (χ0v) is 18.4. The first-order valence-corrected chi connectivity index (χ1v) is 11.5. The second-order valence-corrected chi connectivity index (χ2v) is 8.99. The Morgan fingerprint density at radius 3 is 1.85 bits per heavy atom. The molecule has 1 unspecified atom stereocenters. The molecule has 0 radical (unpaired) electrons. The van der Waals surface area contributed by atoms with Crippen molar-refractivity contribution in [3.63, 3.8) is 0 Å². The number of halogens is 3. The van der Waals surface area contributed by atoms with Crippen molar-refractivity contribution in [3.05, 3.63) is 107 Å². The number of hydrogen-bond acceptors (Lipinski definition) is 2. The van der Waals surface area contributed by atoms with Gasteiger partial charge in [0.05, 0.1) is 18.2 Å². The summed E-state index contributed by atoms with van der Waals surface area (Å²) in [5.74, 6) is 0.603. The van der Waals surface area contributed by atoms with E-state index in [4.69, 9.17) is 4.99 Å². The van der Waals surface area contributed by atoms with E-state index in [2.05, 4.69) is 53.4 Å². The topological polar surface area (TPSA) is 15.6 Å². The van der Waals surface area contributed by atoms with Crippen LogP contribution in [-0.2, 0) is 12.7 Å². The molecule has 3 aromatic rings. The number of rotatable bonds is 5. The Morgan fingerprint density at radius 1 is 0.788 bits per heavy atom. The number of alkyl halides is 3. The predicted molar refractivity (Wildman–Crippen MR) is 125 cm³/mol. The molecule has 0 N–H and O–H groups in total. The predicted octanol–water partition coefficient (Wildman–Crippen LogP) is 6.57. The maximum Gasteiger partial charge on any atom is 0.416 e. The van der Waals surface area contributed by atoms with Crippen LogP contribution in [0.25, 0.3) is 0 Å². The standard InChI is InChI=1S/C28H27F3N2/c29-28(30,31)24-13-11-20(12-14-24)19-32-26-23-15-17-33(18-16-23)27(26)25(21-7-3-1-4-8-21)22-9-5-2-6-10-22/h1-14,23,25,27H,15-19H2/b32-26+. The minimum absolute atomic E-state index is 0.164. The number of fused-ring (bicyclic) bond motifs is 3. The Kier molecular flexibility index (Phi) is 6.07. The lowest BCUT2D eigenvalue weighted by molar-refractivity contribution is -0.137. The highest BCUT2D eigenvalue weighted by Gasteiger charge is 2.43. The van der Waals surface area contributed by atoms with Crippen LogP contribution in [-0.4, -0.2) is 29.7 Å². The molecule has 3 aliphatic rings. The highest BCUT2D eigenvalue weighted by Crippen LogP contribution is 2.40.